The molecular formula is C8H11I2O3PS. The third kappa shape index (κ3) is 3.64. The summed E-state index contributed by atoms with van der Waals surface area (Å²) in [5, 5.41) is 0.696. The van der Waals surface area contributed by atoms with Crippen LogP contribution in [0.25, 0.3) is 0 Å². The van der Waals surface area contributed by atoms with Crippen LogP contribution in [-0.4, -0.2) is 13.2 Å². The average molecular weight is 472 g/mol. The lowest BCUT2D eigenvalue weighted by Crippen LogP contribution is -2.10. The predicted molar refractivity (Wildman–Crippen MR) is 80.2 cm³/mol. The molecule has 0 aromatic carbocycles. The molecule has 15 heavy (non-hydrogen) atoms. The first-order valence-corrected chi connectivity index (χ1v) is 8.89. The predicted octanol–water partition coefficient (Wildman–Crippen LogP) is 3.85. The largest absolute Gasteiger partial charge is 0.363 e. The fourth-order valence-electron chi connectivity index (χ4n) is 1.03. The quantitative estimate of drug-likeness (QED) is 0.483. The number of hydrogen-bond donors (Lipinski definition) is 0. The molecule has 0 fully saturated rings. The van der Waals surface area contributed by atoms with E-state index in [0.29, 0.717) is 18.5 Å². The van der Waals surface area contributed by atoms with Crippen LogP contribution >= 0.6 is 64.1 Å². The Morgan fingerprint density at radius 3 is 2.20 bits per heavy atom. The van der Waals surface area contributed by atoms with Crippen molar-refractivity contribution in [1.29, 1.82) is 0 Å². The van der Waals surface area contributed by atoms with Gasteiger partial charge in [-0.2, -0.15) is 0 Å². The van der Waals surface area contributed by atoms with Crippen molar-refractivity contribution >= 4 is 69.4 Å². The second-order valence-corrected chi connectivity index (χ2v) is 9.29. The number of hydrogen-bond acceptors (Lipinski definition) is 4. The summed E-state index contributed by atoms with van der Waals surface area (Å²) in [6.45, 7) is 4.41. The molecule has 86 valence electrons. The lowest BCUT2D eigenvalue weighted by Gasteiger charge is -2.15. The van der Waals surface area contributed by atoms with Crippen LogP contribution in [0.4, 0.5) is 0 Å². The van der Waals surface area contributed by atoms with Gasteiger partial charge >= 0.3 is 7.60 Å². The summed E-state index contributed by atoms with van der Waals surface area (Å²) in [7, 11) is -3.09. The Morgan fingerprint density at radius 1 is 1.33 bits per heavy atom. The van der Waals surface area contributed by atoms with Crippen molar-refractivity contribution in [3.63, 3.8) is 0 Å². The van der Waals surface area contributed by atoms with Crippen molar-refractivity contribution in [3.8, 4) is 0 Å². The van der Waals surface area contributed by atoms with E-state index < -0.39 is 7.60 Å². The minimum Gasteiger partial charge on any atom is -0.305 e. The van der Waals surface area contributed by atoms with Crippen LogP contribution in [-0.2, 0) is 13.6 Å². The van der Waals surface area contributed by atoms with Gasteiger partial charge in [-0.1, -0.05) is 0 Å². The van der Waals surface area contributed by atoms with Crippen LogP contribution in [0.15, 0.2) is 6.07 Å². The molecule has 1 aromatic heterocycles. The summed E-state index contributed by atoms with van der Waals surface area (Å²) in [6, 6.07) is 1.87. The third-order valence-electron chi connectivity index (χ3n) is 1.53. The maximum atomic E-state index is 12.4. The molecule has 7 heteroatoms. The number of halogens is 2. The van der Waals surface area contributed by atoms with E-state index in [-0.39, 0.29) is 0 Å². The highest BCUT2D eigenvalue weighted by Crippen LogP contribution is 2.49. The van der Waals surface area contributed by atoms with Crippen molar-refractivity contribution < 1.29 is 13.6 Å². The molecule has 0 aliphatic carbocycles. The van der Waals surface area contributed by atoms with Crippen LogP contribution in [0.5, 0.6) is 0 Å². The third-order valence-corrected chi connectivity index (χ3v) is 7.17. The van der Waals surface area contributed by atoms with E-state index in [1.165, 1.54) is 0 Å². The van der Waals surface area contributed by atoms with Gasteiger partial charge in [-0.25, -0.2) is 0 Å². The minimum absolute atomic E-state index is 0.389. The van der Waals surface area contributed by atoms with E-state index in [4.69, 9.17) is 9.05 Å². The molecule has 0 saturated heterocycles. The van der Waals surface area contributed by atoms with Crippen molar-refractivity contribution in [3.05, 3.63) is 11.8 Å². The second kappa shape index (κ2) is 6.30. The van der Waals surface area contributed by atoms with Gasteiger partial charge in [0, 0.05) is 0 Å². The lowest BCUT2D eigenvalue weighted by molar-refractivity contribution is 0.230. The zero-order chi connectivity index (χ0) is 11.5. The maximum absolute atomic E-state index is 12.4. The highest BCUT2D eigenvalue weighted by molar-refractivity contribution is 14.1. The van der Waals surface area contributed by atoms with Gasteiger partial charge in [-0.05, 0) is 65.1 Å². The Balaban J connectivity index is 3.08. The van der Waals surface area contributed by atoms with Crippen molar-refractivity contribution in [2.45, 2.75) is 13.8 Å². The Labute approximate surface area is 121 Å². The molecule has 0 spiro atoms. The molecule has 0 atom stereocenters. The Kier molecular flexibility index (Phi) is 6.03. The molecule has 1 aromatic rings. The number of thiophene rings is 1. The number of rotatable bonds is 5. The summed E-state index contributed by atoms with van der Waals surface area (Å²) in [5.41, 5.74) is 0. The molecule has 0 aliphatic rings. The second-order valence-electron chi connectivity index (χ2n) is 2.54. The van der Waals surface area contributed by atoms with Crippen molar-refractivity contribution in [2.24, 2.45) is 0 Å². The van der Waals surface area contributed by atoms with Crippen LogP contribution in [0.3, 0.4) is 0 Å². The monoisotopic (exact) mass is 472 g/mol. The minimum atomic E-state index is -3.09. The van der Waals surface area contributed by atoms with Crippen molar-refractivity contribution in [1.82, 2.24) is 0 Å². The smallest absolute Gasteiger partial charge is 0.305 e. The molecule has 0 unspecified atom stereocenters. The zero-order valence-electron chi connectivity index (χ0n) is 8.33. The van der Waals surface area contributed by atoms with Crippen LogP contribution < -0.4 is 5.30 Å². The van der Waals surface area contributed by atoms with Crippen LogP contribution in [0.1, 0.15) is 13.8 Å². The molecule has 0 bridgehead atoms. The molecule has 1 heterocycles. The fourth-order valence-corrected chi connectivity index (χ4v) is 7.88. The fraction of sp³-hybridized carbons (Fsp3) is 0.500. The first-order chi connectivity index (χ1) is 7.03. The van der Waals surface area contributed by atoms with Gasteiger partial charge in [0.2, 0.25) is 0 Å². The molecule has 1 rings (SSSR count). The normalized spacial score (nSPS) is 12.0. The first-order valence-electron chi connectivity index (χ1n) is 4.38. The average Bonchev–Trinajstić information content (AvgIpc) is 2.46. The van der Waals surface area contributed by atoms with Gasteiger partial charge in [0.1, 0.15) is 0 Å². The van der Waals surface area contributed by atoms with Gasteiger partial charge < -0.3 is 9.05 Å². The van der Waals surface area contributed by atoms with E-state index in [1.807, 2.05) is 19.9 Å². The first kappa shape index (κ1) is 14.4. The van der Waals surface area contributed by atoms with E-state index >= 15 is 0 Å². The van der Waals surface area contributed by atoms with Crippen LogP contribution in [0, 0.1) is 5.77 Å². The summed E-state index contributed by atoms with van der Waals surface area (Å²) in [4.78, 5) is 0. The standard InChI is InChI=1S/C8H11I2O3PS/c1-3-12-14(11,13-4-2)6-5-7(9)15-8(6)10/h5H,3-4H2,1-2H3. The van der Waals surface area contributed by atoms with E-state index in [0.717, 1.165) is 5.77 Å². The molecule has 0 amide bonds. The highest BCUT2D eigenvalue weighted by atomic mass is 127. The molecule has 0 saturated carbocycles. The maximum Gasteiger partial charge on any atom is 0.363 e. The topological polar surface area (TPSA) is 35.5 Å². The lowest BCUT2D eigenvalue weighted by atomic mass is 10.7. The van der Waals surface area contributed by atoms with Gasteiger partial charge in [-0.15, -0.1) is 11.3 Å². The van der Waals surface area contributed by atoms with Gasteiger partial charge in [-0.3, -0.25) is 4.57 Å². The Hall–Kier alpha value is 1.31. The summed E-state index contributed by atoms with van der Waals surface area (Å²) in [6.07, 6.45) is 0. The Morgan fingerprint density at radius 2 is 1.87 bits per heavy atom. The van der Waals surface area contributed by atoms with E-state index in [2.05, 4.69) is 45.2 Å². The van der Waals surface area contributed by atoms with Crippen LogP contribution in [0.2, 0.25) is 0 Å². The van der Waals surface area contributed by atoms with Gasteiger partial charge in [0.05, 0.1) is 24.3 Å². The molecule has 3 nitrogen and oxygen atoms in total. The summed E-state index contributed by atoms with van der Waals surface area (Å²) in [5.74, 6) is 0. The van der Waals surface area contributed by atoms with Crippen molar-refractivity contribution in [2.75, 3.05) is 13.2 Å². The van der Waals surface area contributed by atoms with Gasteiger partial charge in [0.25, 0.3) is 0 Å². The molecule has 0 radical (unpaired) electrons. The zero-order valence-corrected chi connectivity index (χ0v) is 14.4. The van der Waals surface area contributed by atoms with E-state index in [9.17, 15) is 4.57 Å². The molecule has 0 N–H and O–H groups in total. The highest BCUT2D eigenvalue weighted by Gasteiger charge is 2.30. The van der Waals surface area contributed by atoms with E-state index in [1.54, 1.807) is 11.3 Å². The molecule has 0 aliphatic heterocycles. The summed E-state index contributed by atoms with van der Waals surface area (Å²) >= 11 is 5.96. The Bertz CT molecular complexity index is 370. The molecular weight excluding hydrogens is 461 g/mol. The SMILES string of the molecule is CCOP(=O)(OCC)c1cc(I)sc1I. The summed E-state index contributed by atoms with van der Waals surface area (Å²) < 4.78 is 25.0. The van der Waals surface area contributed by atoms with Gasteiger partial charge in [0.15, 0.2) is 0 Å².